The molecule has 1 heteroatoms. The summed E-state index contributed by atoms with van der Waals surface area (Å²) < 4.78 is 0. The molecular formula is C29H48O. The predicted octanol–water partition coefficient (Wildman–Crippen LogP) is 7.80. The molecule has 0 aromatic carbocycles. The summed E-state index contributed by atoms with van der Waals surface area (Å²) in [5, 5.41) is 10.2. The first-order valence-corrected chi connectivity index (χ1v) is 13.3. The molecule has 0 heterocycles. The van der Waals surface area contributed by atoms with E-state index in [4.69, 9.17) is 0 Å². The van der Waals surface area contributed by atoms with Gasteiger partial charge in [-0.15, -0.1) is 0 Å². The van der Waals surface area contributed by atoms with Crippen molar-refractivity contribution in [2.24, 2.45) is 52.3 Å². The highest BCUT2D eigenvalue weighted by Crippen LogP contribution is 2.67. The van der Waals surface area contributed by atoms with Gasteiger partial charge in [0.25, 0.3) is 0 Å². The van der Waals surface area contributed by atoms with Crippen molar-refractivity contribution in [1.29, 1.82) is 0 Å². The van der Waals surface area contributed by atoms with Gasteiger partial charge in [-0.25, -0.2) is 0 Å². The Balaban J connectivity index is 1.52. The van der Waals surface area contributed by atoms with Crippen LogP contribution in [0.2, 0.25) is 0 Å². The lowest BCUT2D eigenvalue weighted by Gasteiger charge is -2.58. The average Bonchev–Trinajstić information content (AvgIpc) is 3.06. The Morgan fingerprint density at radius 1 is 1.03 bits per heavy atom. The maximum absolute atomic E-state index is 10.2. The Hall–Kier alpha value is -0.560. The fourth-order valence-corrected chi connectivity index (χ4v) is 8.83. The third kappa shape index (κ3) is 3.66. The van der Waals surface area contributed by atoms with E-state index in [1.807, 2.05) is 0 Å². The fraction of sp³-hybridized carbons (Fsp3) is 0.862. The number of fused-ring (bicyclic) bond motifs is 5. The molecule has 4 aliphatic carbocycles. The lowest BCUT2D eigenvalue weighted by molar-refractivity contribution is -0.0540. The second-order valence-corrected chi connectivity index (χ2v) is 12.4. The molecule has 3 unspecified atom stereocenters. The van der Waals surface area contributed by atoms with Gasteiger partial charge in [0, 0.05) is 0 Å². The molecule has 0 aromatic rings. The Morgan fingerprint density at radius 2 is 1.80 bits per heavy atom. The maximum atomic E-state index is 10.2. The van der Waals surface area contributed by atoms with Gasteiger partial charge in [0.15, 0.2) is 0 Å². The number of hydrogen-bond acceptors (Lipinski definition) is 1. The lowest BCUT2D eigenvalue weighted by atomic mass is 9.47. The Bertz CT molecular complexity index is 674. The van der Waals surface area contributed by atoms with Gasteiger partial charge in [0.1, 0.15) is 0 Å². The minimum absolute atomic E-state index is 0.0870. The molecule has 0 saturated heterocycles. The quantitative estimate of drug-likeness (QED) is 0.457. The third-order valence-corrected chi connectivity index (χ3v) is 10.8. The van der Waals surface area contributed by atoms with E-state index in [2.05, 4.69) is 59.8 Å². The van der Waals surface area contributed by atoms with Crippen molar-refractivity contribution >= 4 is 0 Å². The molecule has 0 amide bonds. The third-order valence-electron chi connectivity index (χ3n) is 10.8. The molecule has 1 N–H and O–H groups in total. The summed E-state index contributed by atoms with van der Waals surface area (Å²) >= 11 is 0. The van der Waals surface area contributed by atoms with Crippen LogP contribution in [0.4, 0.5) is 0 Å². The van der Waals surface area contributed by atoms with E-state index in [-0.39, 0.29) is 6.10 Å². The van der Waals surface area contributed by atoms with Crippen LogP contribution in [0.1, 0.15) is 99.3 Å². The standard InChI is InChI=1S/C29H48O/c1-7-21(19(2)3)9-8-20(4)25-12-13-26-24-11-10-22-18-23(30)14-16-28(22,5)27(24)15-17-29(25,26)6/h8-10,19-21,23-27,30H,7,11-18H2,1-6H3/t20?,21?,23?,24-,25+,26-,27-,28-,29+/m0/s1. The zero-order chi connectivity index (χ0) is 21.7. The molecule has 0 aromatic heterocycles. The van der Waals surface area contributed by atoms with E-state index >= 15 is 0 Å². The predicted molar refractivity (Wildman–Crippen MR) is 128 cm³/mol. The number of rotatable bonds is 5. The summed E-state index contributed by atoms with van der Waals surface area (Å²) in [5.74, 6) is 5.70. The average molecular weight is 413 g/mol. The summed E-state index contributed by atoms with van der Waals surface area (Å²) in [6.45, 7) is 14.8. The van der Waals surface area contributed by atoms with Gasteiger partial charge in [-0.2, -0.15) is 0 Å². The lowest BCUT2D eigenvalue weighted by Crippen LogP contribution is -2.50. The van der Waals surface area contributed by atoms with Crippen LogP contribution >= 0.6 is 0 Å². The van der Waals surface area contributed by atoms with Crippen molar-refractivity contribution in [2.75, 3.05) is 0 Å². The van der Waals surface area contributed by atoms with Crippen LogP contribution in [-0.2, 0) is 0 Å². The molecule has 0 aliphatic heterocycles. The second kappa shape index (κ2) is 8.42. The molecule has 4 rings (SSSR count). The van der Waals surface area contributed by atoms with Gasteiger partial charge in [0.05, 0.1) is 6.10 Å². The largest absolute Gasteiger partial charge is 0.393 e. The zero-order valence-corrected chi connectivity index (χ0v) is 20.7. The first-order chi connectivity index (χ1) is 14.2. The van der Waals surface area contributed by atoms with Gasteiger partial charge < -0.3 is 5.11 Å². The molecule has 0 radical (unpaired) electrons. The van der Waals surface area contributed by atoms with Gasteiger partial charge in [0.2, 0.25) is 0 Å². The molecule has 3 fully saturated rings. The van der Waals surface area contributed by atoms with Gasteiger partial charge in [-0.05, 0) is 110 Å². The van der Waals surface area contributed by atoms with E-state index < -0.39 is 0 Å². The molecule has 4 aliphatic rings. The summed E-state index contributed by atoms with van der Waals surface area (Å²) in [5.41, 5.74) is 2.51. The van der Waals surface area contributed by atoms with Crippen LogP contribution < -0.4 is 0 Å². The topological polar surface area (TPSA) is 20.2 Å². The van der Waals surface area contributed by atoms with Crippen molar-refractivity contribution in [1.82, 2.24) is 0 Å². The van der Waals surface area contributed by atoms with Crippen molar-refractivity contribution in [2.45, 2.75) is 105 Å². The van der Waals surface area contributed by atoms with E-state index in [1.54, 1.807) is 5.57 Å². The maximum Gasteiger partial charge on any atom is 0.0577 e. The van der Waals surface area contributed by atoms with E-state index in [9.17, 15) is 5.11 Å². The number of aliphatic hydroxyl groups excluding tert-OH is 1. The fourth-order valence-electron chi connectivity index (χ4n) is 8.83. The Labute approximate surface area is 186 Å². The number of hydrogen-bond donors (Lipinski definition) is 1. The zero-order valence-electron chi connectivity index (χ0n) is 20.7. The molecule has 30 heavy (non-hydrogen) atoms. The van der Waals surface area contributed by atoms with Crippen molar-refractivity contribution in [3.63, 3.8) is 0 Å². The molecule has 170 valence electrons. The van der Waals surface area contributed by atoms with E-state index in [0.29, 0.717) is 16.7 Å². The highest BCUT2D eigenvalue weighted by molar-refractivity contribution is 5.25. The van der Waals surface area contributed by atoms with Crippen LogP contribution in [0, 0.1) is 52.3 Å². The smallest absolute Gasteiger partial charge is 0.0577 e. The minimum Gasteiger partial charge on any atom is -0.393 e. The van der Waals surface area contributed by atoms with Crippen LogP contribution in [-0.4, -0.2) is 11.2 Å². The molecular weight excluding hydrogens is 364 g/mol. The van der Waals surface area contributed by atoms with Gasteiger partial charge in [-0.1, -0.05) is 65.3 Å². The van der Waals surface area contributed by atoms with Crippen molar-refractivity contribution in [3.8, 4) is 0 Å². The summed E-state index contributed by atoms with van der Waals surface area (Å²) in [6, 6.07) is 0. The monoisotopic (exact) mass is 412 g/mol. The van der Waals surface area contributed by atoms with E-state index in [1.165, 1.54) is 44.9 Å². The minimum atomic E-state index is -0.0870. The Kier molecular flexibility index (Phi) is 6.35. The summed E-state index contributed by atoms with van der Waals surface area (Å²) in [7, 11) is 0. The summed E-state index contributed by atoms with van der Waals surface area (Å²) in [6.07, 6.45) is 19.1. The molecule has 0 bridgehead atoms. The van der Waals surface area contributed by atoms with Crippen molar-refractivity contribution < 1.29 is 5.11 Å². The molecule has 3 saturated carbocycles. The normalized spacial score (nSPS) is 45.6. The highest BCUT2D eigenvalue weighted by atomic mass is 16.3. The van der Waals surface area contributed by atoms with Gasteiger partial charge in [-0.3, -0.25) is 0 Å². The summed E-state index contributed by atoms with van der Waals surface area (Å²) in [4.78, 5) is 0. The van der Waals surface area contributed by atoms with Crippen LogP contribution in [0.25, 0.3) is 0 Å². The Morgan fingerprint density at radius 3 is 2.50 bits per heavy atom. The van der Waals surface area contributed by atoms with Crippen molar-refractivity contribution in [3.05, 3.63) is 23.8 Å². The first kappa shape index (κ1) is 22.6. The molecule has 1 nitrogen and oxygen atoms in total. The van der Waals surface area contributed by atoms with Crippen LogP contribution in [0.3, 0.4) is 0 Å². The molecule has 0 spiro atoms. The first-order valence-electron chi connectivity index (χ1n) is 13.3. The van der Waals surface area contributed by atoms with Crippen LogP contribution in [0.5, 0.6) is 0 Å². The number of allylic oxidation sites excluding steroid dienone is 3. The van der Waals surface area contributed by atoms with Gasteiger partial charge >= 0.3 is 0 Å². The second-order valence-electron chi connectivity index (χ2n) is 12.4. The molecule has 9 atom stereocenters. The van der Waals surface area contributed by atoms with Crippen LogP contribution in [0.15, 0.2) is 23.8 Å². The SMILES string of the molecule is CCC(C=CC(C)[C@H]1CC[C@H]2[C@@H]3CC=C4CC(O)CC[C@]4(C)[C@H]3CC[C@]12C)C(C)C. The highest BCUT2D eigenvalue weighted by Gasteiger charge is 2.58. The van der Waals surface area contributed by atoms with E-state index in [0.717, 1.165) is 48.3 Å². The number of aliphatic hydroxyl groups is 1.